The van der Waals surface area contributed by atoms with Crippen molar-refractivity contribution in [2.45, 2.75) is 23.6 Å². The molecule has 1 N–H and O–H groups in total. The van der Waals surface area contributed by atoms with Gasteiger partial charge in [-0.2, -0.15) is 0 Å². The molecule has 5 nitrogen and oxygen atoms in total. The Labute approximate surface area is 131 Å². The number of rotatable bonds is 5. The summed E-state index contributed by atoms with van der Waals surface area (Å²) in [5, 5.41) is 0. The van der Waals surface area contributed by atoms with Crippen LogP contribution in [0.2, 0.25) is 0 Å². The summed E-state index contributed by atoms with van der Waals surface area (Å²) in [4.78, 5) is 0.339. The highest BCUT2D eigenvalue weighted by atomic mass is 32.2. The average Bonchev–Trinajstić information content (AvgIpc) is 2.47. The summed E-state index contributed by atoms with van der Waals surface area (Å²) in [6.07, 6.45) is 0. The quantitative estimate of drug-likeness (QED) is 0.908. The predicted molar refractivity (Wildman–Crippen MR) is 86.2 cm³/mol. The minimum Gasteiger partial charge on any atom is -0.280 e. The van der Waals surface area contributed by atoms with E-state index in [0.717, 1.165) is 5.56 Å². The van der Waals surface area contributed by atoms with Crippen LogP contribution in [0.15, 0.2) is 58.3 Å². The van der Waals surface area contributed by atoms with E-state index in [0.29, 0.717) is 5.69 Å². The fraction of sp³-hybridized carbons (Fsp3) is 0.200. The van der Waals surface area contributed by atoms with E-state index in [2.05, 4.69) is 4.72 Å². The van der Waals surface area contributed by atoms with Gasteiger partial charge in [-0.1, -0.05) is 19.1 Å². The van der Waals surface area contributed by atoms with Crippen molar-refractivity contribution < 1.29 is 16.8 Å². The van der Waals surface area contributed by atoms with E-state index >= 15 is 0 Å². The zero-order valence-corrected chi connectivity index (χ0v) is 13.9. The molecule has 0 unspecified atom stereocenters. The highest BCUT2D eigenvalue weighted by Crippen LogP contribution is 2.19. The Balaban J connectivity index is 2.28. The lowest BCUT2D eigenvalue weighted by atomic mass is 10.2. The monoisotopic (exact) mass is 339 g/mol. The molecule has 2 aromatic rings. The van der Waals surface area contributed by atoms with Crippen molar-refractivity contribution in [1.82, 2.24) is 0 Å². The lowest BCUT2D eigenvalue weighted by molar-refractivity contribution is 0.597. The smallest absolute Gasteiger partial charge is 0.261 e. The molecule has 0 saturated heterocycles. The first kappa shape index (κ1) is 16.5. The van der Waals surface area contributed by atoms with E-state index in [1.165, 1.54) is 30.3 Å². The summed E-state index contributed by atoms with van der Waals surface area (Å²) >= 11 is 0. The number of aryl methyl sites for hydroxylation is 1. The molecule has 0 heterocycles. The molecule has 0 bridgehead atoms. The molecule has 0 aliphatic heterocycles. The fourth-order valence-electron chi connectivity index (χ4n) is 1.89. The largest absolute Gasteiger partial charge is 0.280 e. The molecule has 0 atom stereocenters. The third-order valence-electron chi connectivity index (χ3n) is 3.15. The summed E-state index contributed by atoms with van der Waals surface area (Å²) in [6.45, 7) is 3.37. The molecule has 7 heteroatoms. The molecule has 0 fully saturated rings. The van der Waals surface area contributed by atoms with Crippen LogP contribution >= 0.6 is 0 Å². The highest BCUT2D eigenvalue weighted by Gasteiger charge is 2.15. The second kappa shape index (κ2) is 6.10. The van der Waals surface area contributed by atoms with Gasteiger partial charge in [-0.15, -0.1) is 0 Å². The lowest BCUT2D eigenvalue weighted by Crippen LogP contribution is -2.13. The Morgan fingerprint density at radius 1 is 0.909 bits per heavy atom. The van der Waals surface area contributed by atoms with Gasteiger partial charge in [0.25, 0.3) is 10.0 Å². The van der Waals surface area contributed by atoms with Gasteiger partial charge in [0.05, 0.1) is 15.5 Å². The maximum atomic E-state index is 12.3. The second-order valence-electron chi connectivity index (χ2n) is 4.85. The van der Waals surface area contributed by atoms with E-state index in [-0.39, 0.29) is 15.5 Å². The van der Waals surface area contributed by atoms with Gasteiger partial charge >= 0.3 is 0 Å². The van der Waals surface area contributed by atoms with Crippen LogP contribution in [-0.2, 0) is 19.9 Å². The summed E-state index contributed by atoms with van der Waals surface area (Å²) in [5.74, 6) is 0.00136. The van der Waals surface area contributed by atoms with Gasteiger partial charge < -0.3 is 0 Å². The van der Waals surface area contributed by atoms with Crippen LogP contribution < -0.4 is 4.72 Å². The van der Waals surface area contributed by atoms with E-state index in [9.17, 15) is 16.8 Å². The van der Waals surface area contributed by atoms with Gasteiger partial charge in [0.15, 0.2) is 9.84 Å². The molecule has 118 valence electrons. The Morgan fingerprint density at radius 3 is 2.09 bits per heavy atom. The first-order chi connectivity index (χ1) is 10.2. The Morgan fingerprint density at radius 2 is 1.55 bits per heavy atom. The molecular weight excluding hydrogens is 322 g/mol. The molecule has 0 radical (unpaired) electrons. The van der Waals surface area contributed by atoms with Crippen LogP contribution in [0.5, 0.6) is 0 Å². The SMILES string of the molecule is CCS(=O)(=O)c1ccc(NS(=O)(=O)c2cccc(C)c2)cc1. The average molecular weight is 339 g/mol. The molecule has 0 aliphatic rings. The topological polar surface area (TPSA) is 80.3 Å². The number of hydrogen-bond acceptors (Lipinski definition) is 4. The summed E-state index contributed by atoms with van der Waals surface area (Å²) in [6, 6.07) is 12.2. The molecule has 2 rings (SSSR count). The van der Waals surface area contributed by atoms with Gasteiger partial charge in [0.1, 0.15) is 0 Å². The molecule has 22 heavy (non-hydrogen) atoms. The Hall–Kier alpha value is -1.86. The van der Waals surface area contributed by atoms with Crippen LogP contribution in [-0.4, -0.2) is 22.6 Å². The Bertz CT molecular complexity index is 870. The molecule has 2 aromatic carbocycles. The van der Waals surface area contributed by atoms with E-state index < -0.39 is 19.9 Å². The number of anilines is 1. The van der Waals surface area contributed by atoms with Gasteiger partial charge in [-0.3, -0.25) is 4.72 Å². The third-order valence-corrected chi connectivity index (χ3v) is 6.27. The van der Waals surface area contributed by atoms with Gasteiger partial charge in [-0.05, 0) is 48.9 Å². The first-order valence-electron chi connectivity index (χ1n) is 6.67. The van der Waals surface area contributed by atoms with Crippen LogP contribution in [0, 0.1) is 6.92 Å². The molecular formula is C15H17NO4S2. The number of hydrogen-bond donors (Lipinski definition) is 1. The third kappa shape index (κ3) is 3.66. The number of sulfonamides is 1. The number of nitrogens with one attached hydrogen (secondary N) is 1. The summed E-state index contributed by atoms with van der Waals surface area (Å²) < 4.78 is 50.4. The van der Waals surface area contributed by atoms with Crippen LogP contribution in [0.4, 0.5) is 5.69 Å². The highest BCUT2D eigenvalue weighted by molar-refractivity contribution is 7.92. The zero-order valence-electron chi connectivity index (χ0n) is 12.3. The van der Waals surface area contributed by atoms with E-state index in [1.807, 2.05) is 13.0 Å². The number of benzene rings is 2. The molecule has 0 aromatic heterocycles. The maximum Gasteiger partial charge on any atom is 0.261 e. The van der Waals surface area contributed by atoms with Crippen molar-refractivity contribution in [2.24, 2.45) is 0 Å². The van der Waals surface area contributed by atoms with Gasteiger partial charge in [-0.25, -0.2) is 16.8 Å². The van der Waals surface area contributed by atoms with Crippen molar-refractivity contribution in [3.63, 3.8) is 0 Å². The van der Waals surface area contributed by atoms with Crippen molar-refractivity contribution in [2.75, 3.05) is 10.5 Å². The Kier molecular flexibility index (Phi) is 4.58. The lowest BCUT2D eigenvalue weighted by Gasteiger charge is -2.09. The zero-order chi connectivity index (χ0) is 16.4. The molecule has 0 amide bonds. The van der Waals surface area contributed by atoms with Crippen LogP contribution in [0.25, 0.3) is 0 Å². The van der Waals surface area contributed by atoms with Crippen LogP contribution in [0.3, 0.4) is 0 Å². The van der Waals surface area contributed by atoms with Crippen molar-refractivity contribution >= 4 is 25.5 Å². The summed E-state index contributed by atoms with van der Waals surface area (Å²) in [7, 11) is -6.98. The van der Waals surface area contributed by atoms with Gasteiger partial charge in [0.2, 0.25) is 0 Å². The fourth-order valence-corrected chi connectivity index (χ4v) is 3.94. The summed E-state index contributed by atoms with van der Waals surface area (Å²) in [5.41, 5.74) is 1.16. The number of sulfone groups is 1. The normalized spacial score (nSPS) is 12.1. The maximum absolute atomic E-state index is 12.3. The van der Waals surface area contributed by atoms with Crippen molar-refractivity contribution in [3.05, 3.63) is 54.1 Å². The standard InChI is InChI=1S/C15H17NO4S2/c1-3-21(17,18)14-9-7-13(8-10-14)16-22(19,20)15-6-4-5-12(2)11-15/h4-11,16H,3H2,1-2H3. The minimum atomic E-state index is -3.69. The van der Waals surface area contributed by atoms with Crippen LogP contribution in [0.1, 0.15) is 12.5 Å². The van der Waals surface area contributed by atoms with E-state index in [4.69, 9.17) is 0 Å². The molecule has 0 aliphatic carbocycles. The minimum absolute atomic E-state index is 0.00136. The van der Waals surface area contributed by atoms with E-state index in [1.54, 1.807) is 19.1 Å². The predicted octanol–water partition coefficient (Wildman–Crippen LogP) is 2.59. The first-order valence-corrected chi connectivity index (χ1v) is 9.80. The molecule has 0 saturated carbocycles. The van der Waals surface area contributed by atoms with Crippen molar-refractivity contribution in [1.29, 1.82) is 0 Å². The molecule has 0 spiro atoms. The second-order valence-corrected chi connectivity index (χ2v) is 8.81. The van der Waals surface area contributed by atoms with Gasteiger partial charge in [0, 0.05) is 5.69 Å². The van der Waals surface area contributed by atoms with Crippen molar-refractivity contribution in [3.8, 4) is 0 Å².